The molecular weight excluding hydrogens is 332 g/mol. The zero-order chi connectivity index (χ0) is 17.7. The summed E-state index contributed by atoms with van der Waals surface area (Å²) in [6.07, 6.45) is 0.664. The van der Waals surface area contributed by atoms with Gasteiger partial charge in [0.2, 0.25) is 0 Å². The van der Waals surface area contributed by atoms with E-state index in [9.17, 15) is 14.9 Å². The Morgan fingerprint density at radius 2 is 1.83 bits per heavy atom. The molecule has 1 amide bonds. The van der Waals surface area contributed by atoms with E-state index in [0.717, 1.165) is 22.4 Å². The normalized spacial score (nSPS) is 10.3. The molecule has 0 spiro atoms. The fraction of sp³-hybridized carbons (Fsp3) is 0.235. The molecule has 0 aliphatic heterocycles. The zero-order valence-corrected chi connectivity index (χ0v) is 14.1. The molecule has 0 saturated heterocycles. The molecule has 0 heterocycles. The quantitative estimate of drug-likeness (QED) is 0.598. The summed E-state index contributed by atoms with van der Waals surface area (Å²) < 4.78 is 4.65. The highest BCUT2D eigenvalue weighted by molar-refractivity contribution is 6.35. The van der Waals surface area contributed by atoms with Gasteiger partial charge in [-0.15, -0.1) is 0 Å². The number of carbonyl (C=O) groups excluding carboxylic acids is 1. The van der Waals surface area contributed by atoms with Crippen molar-refractivity contribution in [1.82, 2.24) is 0 Å². The van der Waals surface area contributed by atoms with Gasteiger partial charge < -0.3 is 4.74 Å². The predicted octanol–water partition coefficient (Wildman–Crippen LogP) is 4.24. The Hall–Kier alpha value is -2.60. The van der Waals surface area contributed by atoms with Crippen molar-refractivity contribution in [2.24, 2.45) is 0 Å². The van der Waals surface area contributed by atoms with Gasteiger partial charge in [-0.25, -0.2) is 4.79 Å². The number of aryl methyl sites for hydroxylation is 2. The Balaban J connectivity index is 2.35. The Morgan fingerprint density at radius 3 is 2.42 bits per heavy atom. The Bertz CT molecular complexity index is 750. The number of nitro groups is 1. The molecule has 6 nitrogen and oxygen atoms in total. The number of hydrogen-bond acceptors (Lipinski definition) is 4. The minimum Gasteiger partial charge on any atom is -0.452 e. The molecule has 126 valence electrons. The largest absolute Gasteiger partial charge is 0.452 e. The fourth-order valence-corrected chi connectivity index (χ4v) is 2.65. The molecule has 0 N–H and O–H groups in total. The topological polar surface area (TPSA) is 72.7 Å². The molecule has 0 aromatic heterocycles. The van der Waals surface area contributed by atoms with E-state index in [0.29, 0.717) is 6.42 Å². The lowest BCUT2D eigenvalue weighted by Crippen LogP contribution is -2.26. The highest BCUT2D eigenvalue weighted by Crippen LogP contribution is 2.36. The average Bonchev–Trinajstić information content (AvgIpc) is 2.60. The van der Waals surface area contributed by atoms with Gasteiger partial charge in [0, 0.05) is 13.1 Å². The summed E-state index contributed by atoms with van der Waals surface area (Å²) in [4.78, 5) is 23.6. The molecule has 0 fully saturated rings. The van der Waals surface area contributed by atoms with Gasteiger partial charge in [-0.1, -0.05) is 41.9 Å². The lowest BCUT2D eigenvalue weighted by atomic mass is 10.0. The molecule has 0 radical (unpaired) electrons. The van der Waals surface area contributed by atoms with Crippen molar-refractivity contribution in [2.45, 2.75) is 12.8 Å². The van der Waals surface area contributed by atoms with Crippen LogP contribution in [0.4, 0.5) is 16.2 Å². The number of methoxy groups -OCH3 is 1. The van der Waals surface area contributed by atoms with E-state index in [1.54, 1.807) is 6.07 Å². The fourth-order valence-electron chi connectivity index (χ4n) is 2.34. The van der Waals surface area contributed by atoms with Crippen molar-refractivity contribution in [2.75, 3.05) is 19.1 Å². The molecule has 0 bridgehead atoms. The van der Waals surface area contributed by atoms with E-state index in [4.69, 9.17) is 11.6 Å². The number of anilines is 1. The van der Waals surface area contributed by atoms with E-state index in [-0.39, 0.29) is 16.4 Å². The molecule has 0 aliphatic carbocycles. The van der Waals surface area contributed by atoms with Gasteiger partial charge in [0.1, 0.15) is 5.02 Å². The Kier molecular flexibility index (Phi) is 5.76. The number of nitrogens with zero attached hydrogens (tertiary/aromatic N) is 2. The Labute approximate surface area is 144 Å². The van der Waals surface area contributed by atoms with E-state index >= 15 is 0 Å². The number of benzene rings is 2. The van der Waals surface area contributed by atoms with E-state index in [2.05, 4.69) is 4.74 Å². The van der Waals surface area contributed by atoms with Crippen molar-refractivity contribution < 1.29 is 14.5 Å². The highest BCUT2D eigenvalue weighted by Gasteiger charge is 2.23. The minimum atomic E-state index is -0.647. The first kappa shape index (κ1) is 17.7. The SMILES string of the molecule is COC(=O)N(C)c1cc(CCc2ccccc2)cc([N+](=O)[O-])c1Cl. The summed E-state index contributed by atoms with van der Waals surface area (Å²) in [5, 5.41) is 11.2. The van der Waals surface area contributed by atoms with Gasteiger partial charge >= 0.3 is 6.09 Å². The molecule has 2 aromatic rings. The predicted molar refractivity (Wildman–Crippen MR) is 92.8 cm³/mol. The van der Waals surface area contributed by atoms with Crippen LogP contribution in [0.3, 0.4) is 0 Å². The maximum absolute atomic E-state index is 11.7. The first-order chi connectivity index (χ1) is 11.4. The van der Waals surface area contributed by atoms with Crippen LogP contribution in [0.1, 0.15) is 11.1 Å². The van der Waals surface area contributed by atoms with Gasteiger partial charge in [-0.05, 0) is 30.0 Å². The monoisotopic (exact) mass is 348 g/mol. The summed E-state index contributed by atoms with van der Waals surface area (Å²) >= 11 is 6.10. The lowest BCUT2D eigenvalue weighted by molar-refractivity contribution is -0.384. The molecule has 0 saturated carbocycles. The number of nitro benzene ring substituents is 1. The second-order valence-electron chi connectivity index (χ2n) is 5.22. The number of ether oxygens (including phenoxy) is 1. The summed E-state index contributed by atoms with van der Waals surface area (Å²) in [6, 6.07) is 12.9. The molecular formula is C17H17ClN2O4. The van der Waals surface area contributed by atoms with Gasteiger partial charge in [0.05, 0.1) is 17.7 Å². The third-order valence-electron chi connectivity index (χ3n) is 3.65. The standard InChI is InChI=1S/C17H17ClN2O4/c1-19(17(21)24-2)14-10-13(11-15(16(14)18)20(22)23)9-8-12-6-4-3-5-7-12/h3-7,10-11H,8-9H2,1-2H3. The molecule has 0 atom stereocenters. The summed E-state index contributed by atoms with van der Waals surface area (Å²) in [5.41, 5.74) is 1.87. The van der Waals surface area contributed by atoms with Crippen molar-refractivity contribution in [1.29, 1.82) is 0 Å². The molecule has 2 aromatic carbocycles. The zero-order valence-electron chi connectivity index (χ0n) is 13.4. The smallest absolute Gasteiger partial charge is 0.413 e. The molecule has 0 unspecified atom stereocenters. The number of rotatable bonds is 5. The van der Waals surface area contributed by atoms with Crippen LogP contribution in [0.2, 0.25) is 5.02 Å². The third kappa shape index (κ3) is 4.02. The summed E-state index contributed by atoms with van der Waals surface area (Å²) in [5.74, 6) is 0. The summed E-state index contributed by atoms with van der Waals surface area (Å²) in [7, 11) is 2.69. The van der Waals surface area contributed by atoms with E-state index in [1.807, 2.05) is 30.3 Å². The van der Waals surface area contributed by atoms with Crippen LogP contribution in [0.15, 0.2) is 42.5 Å². The number of amides is 1. The molecule has 2 rings (SSSR count). The van der Waals surface area contributed by atoms with Crippen LogP contribution in [0, 0.1) is 10.1 Å². The van der Waals surface area contributed by atoms with Crippen LogP contribution >= 0.6 is 11.6 Å². The average molecular weight is 349 g/mol. The molecule has 0 aliphatic rings. The number of halogens is 1. The number of carbonyl (C=O) groups is 1. The van der Waals surface area contributed by atoms with Crippen molar-refractivity contribution >= 4 is 29.1 Å². The van der Waals surface area contributed by atoms with E-state index < -0.39 is 11.0 Å². The molecule has 24 heavy (non-hydrogen) atoms. The Morgan fingerprint density at radius 1 is 1.21 bits per heavy atom. The maximum atomic E-state index is 11.7. The second-order valence-corrected chi connectivity index (χ2v) is 5.60. The maximum Gasteiger partial charge on any atom is 0.413 e. The number of hydrogen-bond donors (Lipinski definition) is 0. The first-order valence-electron chi connectivity index (χ1n) is 7.26. The second kappa shape index (κ2) is 7.79. The summed E-state index contributed by atoms with van der Waals surface area (Å²) in [6.45, 7) is 0. The van der Waals surface area contributed by atoms with Crippen LogP contribution in [-0.2, 0) is 17.6 Å². The van der Waals surface area contributed by atoms with Crippen LogP contribution in [-0.4, -0.2) is 25.2 Å². The van der Waals surface area contributed by atoms with Crippen LogP contribution in [0.25, 0.3) is 0 Å². The van der Waals surface area contributed by atoms with Crippen molar-refractivity contribution in [3.63, 3.8) is 0 Å². The lowest BCUT2D eigenvalue weighted by Gasteiger charge is -2.18. The van der Waals surface area contributed by atoms with Gasteiger partial charge in [-0.3, -0.25) is 15.0 Å². The molecule has 7 heteroatoms. The first-order valence-corrected chi connectivity index (χ1v) is 7.64. The highest BCUT2D eigenvalue weighted by atomic mass is 35.5. The van der Waals surface area contributed by atoms with Crippen molar-refractivity contribution in [3.8, 4) is 0 Å². The van der Waals surface area contributed by atoms with Gasteiger partial charge in [-0.2, -0.15) is 0 Å². The van der Waals surface area contributed by atoms with E-state index in [1.165, 1.54) is 20.2 Å². The third-order valence-corrected chi connectivity index (χ3v) is 4.03. The van der Waals surface area contributed by atoms with Gasteiger partial charge in [0.25, 0.3) is 5.69 Å². The van der Waals surface area contributed by atoms with Crippen LogP contribution in [0.5, 0.6) is 0 Å². The van der Waals surface area contributed by atoms with Crippen LogP contribution < -0.4 is 4.90 Å². The minimum absolute atomic E-state index is 0.0867. The van der Waals surface area contributed by atoms with Gasteiger partial charge in [0.15, 0.2) is 0 Å². The van der Waals surface area contributed by atoms with Crippen molar-refractivity contribution in [3.05, 3.63) is 68.7 Å².